The smallest absolute Gasteiger partial charge is 0.214 e. The number of nitrogens with zero attached hydrogens (tertiary/aromatic N) is 1. The van der Waals surface area contributed by atoms with E-state index in [0.717, 1.165) is 25.8 Å². The Morgan fingerprint density at radius 1 is 1.05 bits per heavy atom. The van der Waals surface area contributed by atoms with Gasteiger partial charge in [-0.3, -0.25) is 0 Å². The summed E-state index contributed by atoms with van der Waals surface area (Å²) >= 11 is 0. The van der Waals surface area contributed by atoms with Gasteiger partial charge in [0.15, 0.2) is 0 Å². The normalized spacial score (nSPS) is 12.8. The van der Waals surface area contributed by atoms with Gasteiger partial charge >= 0.3 is 0 Å². The molecule has 1 N–H and O–H groups in total. The molecule has 0 aliphatic heterocycles. The summed E-state index contributed by atoms with van der Waals surface area (Å²) in [6.07, 6.45) is 3.84. The summed E-state index contributed by atoms with van der Waals surface area (Å²) < 4.78 is 26.3. The third-order valence-electron chi connectivity index (χ3n) is 3.05. The van der Waals surface area contributed by atoms with Gasteiger partial charge < -0.3 is 5.32 Å². The number of unbranched alkanes of at least 4 members (excludes halogenated alkanes) is 2. The standard InChI is InChI=1S/C14H32N2O2S/c1-6-7-8-11-16(14(4)5)19(17,18)12-9-10-15-13(2)3/h13-15H,6-12H2,1-5H3. The van der Waals surface area contributed by atoms with E-state index in [4.69, 9.17) is 0 Å². The van der Waals surface area contributed by atoms with E-state index in [1.165, 1.54) is 0 Å². The molecule has 5 heteroatoms. The zero-order valence-electron chi connectivity index (χ0n) is 13.3. The van der Waals surface area contributed by atoms with Crippen molar-refractivity contribution in [3.05, 3.63) is 0 Å². The molecule has 19 heavy (non-hydrogen) atoms. The lowest BCUT2D eigenvalue weighted by molar-refractivity contribution is 0.345. The quantitative estimate of drug-likeness (QED) is 0.596. The molecule has 0 bridgehead atoms. The van der Waals surface area contributed by atoms with Crippen LogP contribution in [0.5, 0.6) is 0 Å². The van der Waals surface area contributed by atoms with Crippen molar-refractivity contribution in [1.82, 2.24) is 9.62 Å². The van der Waals surface area contributed by atoms with E-state index in [2.05, 4.69) is 26.1 Å². The van der Waals surface area contributed by atoms with Crippen LogP contribution in [-0.4, -0.2) is 43.6 Å². The number of rotatable bonds is 11. The van der Waals surface area contributed by atoms with Gasteiger partial charge in [0.25, 0.3) is 0 Å². The summed E-state index contributed by atoms with van der Waals surface area (Å²) in [5.74, 6) is 0.247. The number of hydrogen-bond donors (Lipinski definition) is 1. The van der Waals surface area contributed by atoms with Gasteiger partial charge in [0.05, 0.1) is 5.75 Å². The Morgan fingerprint density at radius 3 is 2.16 bits per heavy atom. The van der Waals surface area contributed by atoms with Crippen LogP contribution >= 0.6 is 0 Å². The van der Waals surface area contributed by atoms with Crippen LogP contribution in [0.1, 0.15) is 60.3 Å². The molecule has 116 valence electrons. The van der Waals surface area contributed by atoms with Gasteiger partial charge in [-0.25, -0.2) is 8.42 Å². The van der Waals surface area contributed by atoms with Crippen LogP contribution in [0.4, 0.5) is 0 Å². The van der Waals surface area contributed by atoms with Crippen LogP contribution in [0.3, 0.4) is 0 Å². The molecular formula is C14H32N2O2S. The van der Waals surface area contributed by atoms with Crippen LogP contribution in [0.25, 0.3) is 0 Å². The highest BCUT2D eigenvalue weighted by Crippen LogP contribution is 2.11. The van der Waals surface area contributed by atoms with Crippen molar-refractivity contribution in [2.24, 2.45) is 0 Å². The van der Waals surface area contributed by atoms with E-state index in [9.17, 15) is 8.42 Å². The molecule has 0 aromatic rings. The van der Waals surface area contributed by atoms with Crippen molar-refractivity contribution in [3.63, 3.8) is 0 Å². The lowest BCUT2D eigenvalue weighted by Gasteiger charge is -2.26. The largest absolute Gasteiger partial charge is 0.314 e. The monoisotopic (exact) mass is 292 g/mol. The summed E-state index contributed by atoms with van der Waals surface area (Å²) in [4.78, 5) is 0. The van der Waals surface area contributed by atoms with Crippen molar-refractivity contribution < 1.29 is 8.42 Å². The van der Waals surface area contributed by atoms with Crippen LogP contribution in [0, 0.1) is 0 Å². The number of hydrogen-bond acceptors (Lipinski definition) is 3. The lowest BCUT2D eigenvalue weighted by Crippen LogP contribution is -2.39. The average molecular weight is 292 g/mol. The predicted octanol–water partition coefficient (Wildman–Crippen LogP) is 2.60. The molecule has 0 atom stereocenters. The first-order chi connectivity index (χ1) is 8.81. The van der Waals surface area contributed by atoms with Gasteiger partial charge in [0, 0.05) is 18.6 Å². The summed E-state index contributed by atoms with van der Waals surface area (Å²) in [6.45, 7) is 11.6. The third-order valence-corrected chi connectivity index (χ3v) is 5.17. The van der Waals surface area contributed by atoms with Crippen molar-refractivity contribution >= 4 is 10.0 Å². The predicted molar refractivity (Wildman–Crippen MR) is 82.9 cm³/mol. The van der Waals surface area contributed by atoms with Gasteiger partial charge in [-0.15, -0.1) is 0 Å². The first-order valence-corrected chi connectivity index (χ1v) is 9.15. The maximum absolute atomic E-state index is 12.3. The Bertz CT molecular complexity index is 313. The molecule has 0 saturated heterocycles. The van der Waals surface area contributed by atoms with E-state index < -0.39 is 10.0 Å². The Labute approximate surface area is 120 Å². The second-order valence-corrected chi connectivity index (χ2v) is 7.73. The van der Waals surface area contributed by atoms with Crippen molar-refractivity contribution in [2.45, 2.75) is 72.4 Å². The molecular weight excluding hydrogens is 260 g/mol. The minimum atomic E-state index is -3.11. The maximum atomic E-state index is 12.3. The fourth-order valence-corrected chi connectivity index (χ4v) is 3.79. The van der Waals surface area contributed by atoms with Gasteiger partial charge in [-0.05, 0) is 33.2 Å². The fraction of sp³-hybridized carbons (Fsp3) is 1.00. The second-order valence-electron chi connectivity index (χ2n) is 5.69. The average Bonchev–Trinajstić information content (AvgIpc) is 2.29. The molecule has 0 fully saturated rings. The molecule has 0 spiro atoms. The summed E-state index contributed by atoms with van der Waals surface area (Å²) in [5, 5.41) is 3.26. The van der Waals surface area contributed by atoms with Crippen molar-refractivity contribution in [3.8, 4) is 0 Å². The number of nitrogens with one attached hydrogen (secondary N) is 1. The van der Waals surface area contributed by atoms with Crippen molar-refractivity contribution in [2.75, 3.05) is 18.8 Å². The van der Waals surface area contributed by atoms with Gasteiger partial charge in [0.2, 0.25) is 10.0 Å². The Balaban J connectivity index is 4.29. The Hall–Kier alpha value is -0.130. The second kappa shape index (κ2) is 9.72. The Kier molecular flexibility index (Phi) is 9.66. The topological polar surface area (TPSA) is 49.4 Å². The first-order valence-electron chi connectivity index (χ1n) is 7.54. The van der Waals surface area contributed by atoms with E-state index in [1.807, 2.05) is 13.8 Å². The summed E-state index contributed by atoms with van der Waals surface area (Å²) in [6, 6.07) is 0.466. The minimum absolute atomic E-state index is 0.0555. The van der Waals surface area contributed by atoms with Gasteiger partial charge in [-0.1, -0.05) is 33.6 Å². The molecule has 0 rings (SSSR count). The van der Waals surface area contributed by atoms with Gasteiger partial charge in [0.1, 0.15) is 0 Å². The molecule has 0 unspecified atom stereocenters. The lowest BCUT2D eigenvalue weighted by atomic mass is 10.2. The molecule has 0 aliphatic rings. The SMILES string of the molecule is CCCCCN(C(C)C)S(=O)(=O)CCCNC(C)C. The van der Waals surface area contributed by atoms with E-state index in [0.29, 0.717) is 19.0 Å². The molecule has 0 aliphatic carbocycles. The third kappa shape index (κ3) is 8.60. The highest BCUT2D eigenvalue weighted by atomic mass is 32.2. The molecule has 0 saturated carbocycles. The van der Waals surface area contributed by atoms with Crippen LogP contribution in [0.2, 0.25) is 0 Å². The van der Waals surface area contributed by atoms with Crippen molar-refractivity contribution in [1.29, 1.82) is 0 Å². The molecule has 0 radical (unpaired) electrons. The summed E-state index contributed by atoms with van der Waals surface area (Å²) in [5.41, 5.74) is 0. The minimum Gasteiger partial charge on any atom is -0.314 e. The number of sulfonamides is 1. The molecule has 0 aromatic heterocycles. The maximum Gasteiger partial charge on any atom is 0.214 e. The molecule has 0 aromatic carbocycles. The van der Waals surface area contributed by atoms with Crippen LogP contribution in [0.15, 0.2) is 0 Å². The highest BCUT2D eigenvalue weighted by Gasteiger charge is 2.23. The Morgan fingerprint density at radius 2 is 1.68 bits per heavy atom. The molecule has 0 amide bonds. The summed E-state index contributed by atoms with van der Waals surface area (Å²) in [7, 11) is -3.11. The molecule has 0 heterocycles. The van der Waals surface area contributed by atoms with E-state index in [-0.39, 0.29) is 11.8 Å². The van der Waals surface area contributed by atoms with Crippen LogP contribution in [-0.2, 0) is 10.0 Å². The first kappa shape index (κ1) is 18.9. The zero-order chi connectivity index (χ0) is 14.9. The molecule has 4 nitrogen and oxygen atoms in total. The zero-order valence-corrected chi connectivity index (χ0v) is 14.1. The van der Waals surface area contributed by atoms with E-state index in [1.54, 1.807) is 4.31 Å². The van der Waals surface area contributed by atoms with E-state index >= 15 is 0 Å². The van der Waals surface area contributed by atoms with Crippen LogP contribution < -0.4 is 5.32 Å². The fourth-order valence-electron chi connectivity index (χ4n) is 2.00. The highest BCUT2D eigenvalue weighted by molar-refractivity contribution is 7.89. The van der Waals surface area contributed by atoms with Gasteiger partial charge in [-0.2, -0.15) is 4.31 Å².